The van der Waals surface area contributed by atoms with Crippen molar-refractivity contribution in [3.05, 3.63) is 65.9 Å². The van der Waals surface area contributed by atoms with Gasteiger partial charge in [0.1, 0.15) is 5.01 Å². The number of hydrogen-bond acceptors (Lipinski definition) is 4. The van der Waals surface area contributed by atoms with Crippen molar-refractivity contribution in [1.82, 2.24) is 9.97 Å². The Kier molecular flexibility index (Phi) is 3.51. The fourth-order valence-corrected chi connectivity index (χ4v) is 2.46. The minimum absolute atomic E-state index is 0.724. The first-order valence-electron chi connectivity index (χ1n) is 6.05. The van der Waals surface area contributed by atoms with Crippen LogP contribution >= 0.6 is 11.3 Å². The molecule has 0 fully saturated rings. The van der Waals surface area contributed by atoms with Gasteiger partial charge in [0.25, 0.3) is 0 Å². The molecule has 94 valence electrons. The first-order valence-corrected chi connectivity index (χ1v) is 6.93. The molecule has 0 saturated carbocycles. The van der Waals surface area contributed by atoms with E-state index < -0.39 is 0 Å². The van der Waals surface area contributed by atoms with E-state index in [0.717, 1.165) is 28.5 Å². The lowest BCUT2D eigenvalue weighted by molar-refractivity contribution is 1.05. The molecule has 0 bridgehead atoms. The summed E-state index contributed by atoms with van der Waals surface area (Å²) in [6, 6.07) is 14.2. The fourth-order valence-electron chi connectivity index (χ4n) is 1.82. The second-order valence-electron chi connectivity index (χ2n) is 4.09. The molecule has 2 heterocycles. The van der Waals surface area contributed by atoms with Gasteiger partial charge in [-0.3, -0.25) is 4.98 Å². The number of pyridine rings is 1. The smallest absolute Gasteiger partial charge is 0.123 e. The highest BCUT2D eigenvalue weighted by Crippen LogP contribution is 2.24. The topological polar surface area (TPSA) is 37.8 Å². The highest BCUT2D eigenvalue weighted by atomic mass is 32.1. The quantitative estimate of drug-likeness (QED) is 0.781. The first-order chi connectivity index (χ1) is 9.42. The van der Waals surface area contributed by atoms with Crippen LogP contribution in [-0.2, 0) is 6.54 Å². The summed E-state index contributed by atoms with van der Waals surface area (Å²) in [4.78, 5) is 8.62. The zero-order chi connectivity index (χ0) is 12.9. The molecule has 3 nitrogen and oxygen atoms in total. The van der Waals surface area contributed by atoms with E-state index in [0.29, 0.717) is 0 Å². The predicted molar refractivity (Wildman–Crippen MR) is 79.1 cm³/mol. The van der Waals surface area contributed by atoms with Gasteiger partial charge in [-0.15, -0.1) is 11.3 Å². The van der Waals surface area contributed by atoms with Crippen molar-refractivity contribution in [3.63, 3.8) is 0 Å². The van der Waals surface area contributed by atoms with Crippen LogP contribution in [-0.4, -0.2) is 9.97 Å². The van der Waals surface area contributed by atoms with E-state index in [1.54, 1.807) is 11.3 Å². The number of nitrogens with one attached hydrogen (secondary N) is 1. The normalized spacial score (nSPS) is 10.3. The minimum atomic E-state index is 0.724. The maximum Gasteiger partial charge on any atom is 0.123 e. The van der Waals surface area contributed by atoms with Crippen LogP contribution < -0.4 is 5.32 Å². The van der Waals surface area contributed by atoms with Gasteiger partial charge in [-0.05, 0) is 24.3 Å². The lowest BCUT2D eigenvalue weighted by Gasteiger charge is -2.07. The summed E-state index contributed by atoms with van der Waals surface area (Å²) in [5.41, 5.74) is 3.25. The van der Waals surface area contributed by atoms with Gasteiger partial charge in [-0.1, -0.05) is 18.2 Å². The van der Waals surface area contributed by atoms with Crippen LogP contribution in [0.15, 0.2) is 60.2 Å². The standard InChI is InChI=1S/C15H13N3S/c1-2-7-16-14(5-1)11-18-13-6-3-4-12(10-13)15-17-8-9-19-15/h1-10,18H,11H2. The molecule has 0 atom stereocenters. The monoisotopic (exact) mass is 267 g/mol. The Morgan fingerprint density at radius 2 is 2.00 bits per heavy atom. The Morgan fingerprint density at radius 1 is 1.00 bits per heavy atom. The van der Waals surface area contributed by atoms with Crippen molar-refractivity contribution in [1.29, 1.82) is 0 Å². The molecule has 0 saturated heterocycles. The lowest BCUT2D eigenvalue weighted by atomic mass is 10.2. The van der Waals surface area contributed by atoms with Gasteiger partial charge in [0.2, 0.25) is 0 Å². The summed E-state index contributed by atoms with van der Waals surface area (Å²) in [6.07, 6.45) is 3.64. The predicted octanol–water partition coefficient (Wildman–Crippen LogP) is 3.82. The SMILES string of the molecule is c1ccc(CNc2cccc(-c3nccs3)c2)nc1. The molecule has 0 aliphatic heterocycles. The molecule has 2 aromatic heterocycles. The van der Waals surface area contributed by atoms with Crippen LogP contribution in [0, 0.1) is 0 Å². The number of rotatable bonds is 4. The average Bonchev–Trinajstić information content (AvgIpc) is 3.01. The van der Waals surface area contributed by atoms with Crippen LogP contribution in [0.1, 0.15) is 5.69 Å². The van der Waals surface area contributed by atoms with E-state index in [-0.39, 0.29) is 0 Å². The van der Waals surface area contributed by atoms with Gasteiger partial charge in [0.05, 0.1) is 12.2 Å². The summed E-state index contributed by atoms with van der Waals surface area (Å²) in [7, 11) is 0. The molecule has 0 aliphatic rings. The number of anilines is 1. The van der Waals surface area contributed by atoms with Gasteiger partial charge in [0, 0.05) is 29.0 Å². The van der Waals surface area contributed by atoms with Crippen molar-refractivity contribution >= 4 is 17.0 Å². The largest absolute Gasteiger partial charge is 0.379 e. The Hall–Kier alpha value is -2.20. The maximum absolute atomic E-state index is 4.32. The third-order valence-corrected chi connectivity index (χ3v) is 3.56. The van der Waals surface area contributed by atoms with Gasteiger partial charge in [-0.25, -0.2) is 4.98 Å². The van der Waals surface area contributed by atoms with E-state index in [9.17, 15) is 0 Å². The number of aromatic nitrogens is 2. The summed E-state index contributed by atoms with van der Waals surface area (Å²) in [6.45, 7) is 0.724. The Balaban J connectivity index is 1.74. The highest BCUT2D eigenvalue weighted by Gasteiger charge is 2.01. The van der Waals surface area contributed by atoms with E-state index >= 15 is 0 Å². The molecular weight excluding hydrogens is 254 g/mol. The summed E-state index contributed by atoms with van der Waals surface area (Å²) < 4.78 is 0. The maximum atomic E-state index is 4.32. The van der Waals surface area contributed by atoms with Gasteiger partial charge in [-0.2, -0.15) is 0 Å². The zero-order valence-corrected chi connectivity index (χ0v) is 11.1. The average molecular weight is 267 g/mol. The fraction of sp³-hybridized carbons (Fsp3) is 0.0667. The molecule has 0 amide bonds. The molecule has 3 aromatic rings. The van der Waals surface area contributed by atoms with Crippen molar-refractivity contribution < 1.29 is 0 Å². The second-order valence-corrected chi connectivity index (χ2v) is 4.99. The molecule has 0 radical (unpaired) electrons. The third-order valence-electron chi connectivity index (χ3n) is 2.74. The number of nitrogens with zero attached hydrogens (tertiary/aromatic N) is 2. The molecule has 1 N–H and O–H groups in total. The third kappa shape index (κ3) is 2.98. The van der Waals surface area contributed by atoms with E-state index in [1.807, 2.05) is 42.0 Å². The Labute approximate surface area is 116 Å². The van der Waals surface area contributed by atoms with E-state index in [4.69, 9.17) is 0 Å². The van der Waals surface area contributed by atoms with Crippen molar-refractivity contribution in [3.8, 4) is 10.6 Å². The van der Waals surface area contributed by atoms with E-state index in [2.05, 4.69) is 33.5 Å². The van der Waals surface area contributed by atoms with Crippen LogP contribution in [0.25, 0.3) is 10.6 Å². The second kappa shape index (κ2) is 5.63. The molecular formula is C15H13N3S. The molecule has 1 aromatic carbocycles. The zero-order valence-electron chi connectivity index (χ0n) is 10.3. The highest BCUT2D eigenvalue weighted by molar-refractivity contribution is 7.13. The van der Waals surface area contributed by atoms with Crippen LogP contribution in [0.5, 0.6) is 0 Å². The molecule has 3 rings (SSSR count). The molecule has 0 unspecified atom stereocenters. The van der Waals surface area contributed by atoms with Crippen molar-refractivity contribution in [2.24, 2.45) is 0 Å². The summed E-state index contributed by atoms with van der Waals surface area (Å²) >= 11 is 1.65. The number of hydrogen-bond donors (Lipinski definition) is 1. The van der Waals surface area contributed by atoms with Crippen molar-refractivity contribution in [2.45, 2.75) is 6.54 Å². The van der Waals surface area contributed by atoms with Gasteiger partial charge < -0.3 is 5.32 Å². The summed E-state index contributed by atoms with van der Waals surface area (Å²) in [5.74, 6) is 0. The number of benzene rings is 1. The van der Waals surface area contributed by atoms with E-state index in [1.165, 1.54) is 0 Å². The Bertz CT molecular complexity index is 636. The summed E-state index contributed by atoms with van der Waals surface area (Å²) in [5, 5.41) is 6.41. The minimum Gasteiger partial charge on any atom is -0.379 e. The molecule has 4 heteroatoms. The molecule has 19 heavy (non-hydrogen) atoms. The van der Waals surface area contributed by atoms with Crippen LogP contribution in [0.3, 0.4) is 0 Å². The van der Waals surface area contributed by atoms with Gasteiger partial charge >= 0.3 is 0 Å². The first kappa shape index (κ1) is 11.9. The van der Waals surface area contributed by atoms with Crippen LogP contribution in [0.2, 0.25) is 0 Å². The molecule has 0 aliphatic carbocycles. The Morgan fingerprint density at radius 3 is 2.79 bits per heavy atom. The number of thiazole rings is 1. The van der Waals surface area contributed by atoms with Crippen LogP contribution in [0.4, 0.5) is 5.69 Å². The van der Waals surface area contributed by atoms with Gasteiger partial charge in [0.15, 0.2) is 0 Å². The lowest BCUT2D eigenvalue weighted by Crippen LogP contribution is -2.00. The molecule has 0 spiro atoms. The van der Waals surface area contributed by atoms with Crippen molar-refractivity contribution in [2.75, 3.05) is 5.32 Å².